The average Bonchev–Trinajstić information content (AvgIpc) is 2.50. The van der Waals surface area contributed by atoms with E-state index in [0.717, 1.165) is 22.2 Å². The molecule has 0 aliphatic carbocycles. The molecule has 0 fully saturated rings. The third-order valence-corrected chi connectivity index (χ3v) is 4.70. The molecule has 0 amide bonds. The van der Waals surface area contributed by atoms with Crippen LogP contribution in [0.15, 0.2) is 28.7 Å². The van der Waals surface area contributed by atoms with Crippen LogP contribution < -0.4 is 4.74 Å². The van der Waals surface area contributed by atoms with Crippen molar-refractivity contribution < 1.29 is 4.74 Å². The van der Waals surface area contributed by atoms with Gasteiger partial charge in [0.05, 0.1) is 6.61 Å². The van der Waals surface area contributed by atoms with Gasteiger partial charge < -0.3 is 4.74 Å². The van der Waals surface area contributed by atoms with Crippen molar-refractivity contribution in [1.29, 1.82) is 0 Å². The number of unbranched alkanes of at least 4 members (excludes halogenated alkanes) is 9. The van der Waals surface area contributed by atoms with Crippen LogP contribution in [-0.2, 0) is 0 Å². The average molecular weight is 420 g/mol. The SMILES string of the molecule is BrCCCCCCCCCCCCOc1ccc(Br)cc1. The molecule has 0 spiro atoms. The van der Waals surface area contributed by atoms with Gasteiger partial charge in [0.1, 0.15) is 5.75 Å². The summed E-state index contributed by atoms with van der Waals surface area (Å²) in [4.78, 5) is 0. The second-order valence-electron chi connectivity index (χ2n) is 5.53. The van der Waals surface area contributed by atoms with Gasteiger partial charge in [0.15, 0.2) is 0 Å². The number of rotatable bonds is 13. The molecule has 0 bridgehead atoms. The van der Waals surface area contributed by atoms with Crippen LogP contribution in [0.4, 0.5) is 0 Å². The van der Waals surface area contributed by atoms with Gasteiger partial charge >= 0.3 is 0 Å². The Bertz CT molecular complexity index is 338. The lowest BCUT2D eigenvalue weighted by atomic mass is 10.1. The molecule has 0 saturated heterocycles. The zero-order chi connectivity index (χ0) is 15.2. The number of hydrogen-bond donors (Lipinski definition) is 0. The smallest absolute Gasteiger partial charge is 0.119 e. The first-order chi connectivity index (χ1) is 10.3. The Labute approximate surface area is 147 Å². The summed E-state index contributed by atoms with van der Waals surface area (Å²) in [5.41, 5.74) is 0. The zero-order valence-electron chi connectivity index (χ0n) is 13.0. The van der Waals surface area contributed by atoms with Crippen molar-refractivity contribution >= 4 is 31.9 Å². The minimum absolute atomic E-state index is 0.841. The largest absolute Gasteiger partial charge is 0.494 e. The van der Waals surface area contributed by atoms with Crippen molar-refractivity contribution in [3.05, 3.63) is 28.7 Å². The Kier molecular flexibility index (Phi) is 12.3. The minimum Gasteiger partial charge on any atom is -0.494 e. The molecule has 1 aromatic carbocycles. The molecule has 0 saturated carbocycles. The molecule has 1 rings (SSSR count). The fourth-order valence-electron chi connectivity index (χ4n) is 2.33. The van der Waals surface area contributed by atoms with E-state index in [2.05, 4.69) is 31.9 Å². The Morgan fingerprint density at radius 1 is 0.667 bits per heavy atom. The number of hydrogen-bond acceptors (Lipinski definition) is 1. The second-order valence-corrected chi connectivity index (χ2v) is 7.24. The summed E-state index contributed by atoms with van der Waals surface area (Å²) in [5.74, 6) is 0.974. The summed E-state index contributed by atoms with van der Waals surface area (Å²) in [5, 5.41) is 1.16. The highest BCUT2D eigenvalue weighted by molar-refractivity contribution is 9.10. The molecule has 21 heavy (non-hydrogen) atoms. The van der Waals surface area contributed by atoms with Gasteiger partial charge in [-0.1, -0.05) is 83.2 Å². The van der Waals surface area contributed by atoms with E-state index in [-0.39, 0.29) is 0 Å². The van der Waals surface area contributed by atoms with Gasteiger partial charge in [-0.25, -0.2) is 0 Å². The summed E-state index contributed by atoms with van der Waals surface area (Å²) in [6, 6.07) is 8.07. The van der Waals surface area contributed by atoms with Crippen molar-refractivity contribution in [2.45, 2.75) is 64.2 Å². The summed E-state index contributed by atoms with van der Waals surface area (Å²) < 4.78 is 6.82. The second kappa shape index (κ2) is 13.6. The van der Waals surface area contributed by atoms with E-state index >= 15 is 0 Å². The van der Waals surface area contributed by atoms with E-state index < -0.39 is 0 Å². The van der Waals surface area contributed by atoms with Gasteiger partial charge in [0, 0.05) is 9.80 Å². The minimum atomic E-state index is 0.841. The molecule has 1 aromatic rings. The Morgan fingerprint density at radius 3 is 1.67 bits per heavy atom. The maximum absolute atomic E-state index is 5.72. The molecule has 120 valence electrons. The van der Waals surface area contributed by atoms with Gasteiger partial charge in [-0.2, -0.15) is 0 Å². The number of ether oxygens (including phenoxy) is 1. The molecule has 0 aliphatic heterocycles. The zero-order valence-corrected chi connectivity index (χ0v) is 16.1. The topological polar surface area (TPSA) is 9.23 Å². The van der Waals surface area contributed by atoms with E-state index in [1.165, 1.54) is 64.2 Å². The van der Waals surface area contributed by atoms with Crippen LogP contribution in [0.25, 0.3) is 0 Å². The Hall–Kier alpha value is -0.0200. The molecule has 0 radical (unpaired) electrons. The quantitative estimate of drug-likeness (QED) is 0.244. The van der Waals surface area contributed by atoms with Crippen LogP contribution in [0.2, 0.25) is 0 Å². The van der Waals surface area contributed by atoms with Crippen LogP contribution in [0.1, 0.15) is 64.2 Å². The van der Waals surface area contributed by atoms with Gasteiger partial charge in [-0.3, -0.25) is 0 Å². The van der Waals surface area contributed by atoms with Crippen LogP contribution in [-0.4, -0.2) is 11.9 Å². The van der Waals surface area contributed by atoms with Crippen LogP contribution in [0, 0.1) is 0 Å². The molecule has 0 N–H and O–H groups in total. The normalized spacial score (nSPS) is 10.8. The molecule has 0 atom stereocenters. The number of halogens is 2. The molecule has 1 nitrogen and oxygen atoms in total. The lowest BCUT2D eigenvalue weighted by molar-refractivity contribution is 0.304. The van der Waals surface area contributed by atoms with Crippen molar-refractivity contribution in [2.24, 2.45) is 0 Å². The van der Waals surface area contributed by atoms with E-state index in [0.29, 0.717) is 0 Å². The molecule has 0 heterocycles. The summed E-state index contributed by atoms with van der Waals surface area (Å²) >= 11 is 6.91. The highest BCUT2D eigenvalue weighted by atomic mass is 79.9. The van der Waals surface area contributed by atoms with Crippen molar-refractivity contribution in [1.82, 2.24) is 0 Å². The summed E-state index contributed by atoms with van der Waals surface area (Å²) in [6.45, 7) is 0.841. The first kappa shape index (κ1) is 19.0. The lowest BCUT2D eigenvalue weighted by Crippen LogP contribution is -1.97. The van der Waals surface area contributed by atoms with Crippen molar-refractivity contribution in [2.75, 3.05) is 11.9 Å². The summed E-state index contributed by atoms with van der Waals surface area (Å²) in [7, 11) is 0. The fourth-order valence-corrected chi connectivity index (χ4v) is 2.99. The number of alkyl halides is 1. The van der Waals surface area contributed by atoms with Gasteiger partial charge in [0.2, 0.25) is 0 Å². The standard InChI is InChI=1S/C18H28Br2O/c19-15-9-7-5-3-1-2-4-6-8-10-16-21-18-13-11-17(20)12-14-18/h11-14H,1-10,15-16H2. The highest BCUT2D eigenvalue weighted by Gasteiger charge is 1.95. The van der Waals surface area contributed by atoms with Gasteiger partial charge in [0.25, 0.3) is 0 Å². The van der Waals surface area contributed by atoms with Crippen LogP contribution >= 0.6 is 31.9 Å². The first-order valence-corrected chi connectivity index (χ1v) is 10.2. The number of benzene rings is 1. The Balaban J connectivity index is 1.81. The first-order valence-electron chi connectivity index (χ1n) is 8.27. The van der Waals surface area contributed by atoms with Crippen LogP contribution in [0.3, 0.4) is 0 Å². The van der Waals surface area contributed by atoms with Crippen molar-refractivity contribution in [3.8, 4) is 5.75 Å². The van der Waals surface area contributed by atoms with E-state index in [4.69, 9.17) is 4.74 Å². The molecular formula is C18H28Br2O. The highest BCUT2D eigenvalue weighted by Crippen LogP contribution is 2.16. The predicted molar refractivity (Wildman–Crippen MR) is 99.6 cm³/mol. The molecule has 3 heteroatoms. The predicted octanol–water partition coefficient (Wildman–Crippen LogP) is 7.12. The monoisotopic (exact) mass is 418 g/mol. The molecule has 0 unspecified atom stereocenters. The molecule has 0 aromatic heterocycles. The third kappa shape index (κ3) is 11.2. The lowest BCUT2D eigenvalue weighted by Gasteiger charge is -2.06. The van der Waals surface area contributed by atoms with Crippen LogP contribution in [0.5, 0.6) is 5.75 Å². The van der Waals surface area contributed by atoms with Crippen molar-refractivity contribution in [3.63, 3.8) is 0 Å². The molecule has 0 aliphatic rings. The molecular weight excluding hydrogens is 392 g/mol. The van der Waals surface area contributed by atoms with Gasteiger partial charge in [-0.05, 0) is 37.1 Å². The Morgan fingerprint density at radius 2 is 1.14 bits per heavy atom. The van der Waals surface area contributed by atoms with E-state index in [1.807, 2.05) is 24.3 Å². The van der Waals surface area contributed by atoms with E-state index in [9.17, 15) is 0 Å². The fraction of sp³-hybridized carbons (Fsp3) is 0.667. The summed E-state index contributed by atoms with van der Waals surface area (Å²) in [6.07, 6.45) is 13.6. The van der Waals surface area contributed by atoms with Gasteiger partial charge in [-0.15, -0.1) is 0 Å². The third-order valence-electron chi connectivity index (χ3n) is 3.61. The van der Waals surface area contributed by atoms with E-state index in [1.54, 1.807) is 0 Å². The maximum Gasteiger partial charge on any atom is 0.119 e. The maximum atomic E-state index is 5.72.